The van der Waals surface area contributed by atoms with Crippen LogP contribution in [0.25, 0.3) is 16.2 Å². The molecule has 0 radical (unpaired) electrons. The van der Waals surface area contributed by atoms with Crippen molar-refractivity contribution in [2.24, 2.45) is 4.99 Å². The molecule has 2 aromatic rings. The highest BCUT2D eigenvalue weighted by atomic mass is 32.1. The van der Waals surface area contributed by atoms with Crippen LogP contribution in [0.15, 0.2) is 41.5 Å². The standard InChI is InChI=1S/C25H33N3O2S/c1-3-4-5-9-21-22-11-10-20(30-2)18-24(22)31-23(21)12-13-25(29)27-15-6-7-16-28-17-8-14-26-19-28/h8,10-14,18-19H,3-7,9,15-17H2,1-2H3,(H,27,29)/b13-12+. The maximum absolute atomic E-state index is 12.3. The van der Waals surface area contributed by atoms with E-state index in [2.05, 4.69) is 34.3 Å². The van der Waals surface area contributed by atoms with Gasteiger partial charge in [-0.1, -0.05) is 19.8 Å². The normalized spacial score (nSPS) is 13.4. The molecule has 0 spiro atoms. The first-order valence-electron chi connectivity index (χ1n) is 11.2. The number of hydrogen-bond acceptors (Lipinski definition) is 5. The predicted octanol–water partition coefficient (Wildman–Crippen LogP) is 5.41. The quantitative estimate of drug-likeness (QED) is 0.355. The van der Waals surface area contributed by atoms with Crippen molar-refractivity contribution < 1.29 is 9.53 Å². The Hall–Kier alpha value is -2.60. The van der Waals surface area contributed by atoms with Crippen molar-refractivity contribution in [1.82, 2.24) is 10.2 Å². The van der Waals surface area contributed by atoms with Crippen LogP contribution in [-0.4, -0.2) is 43.9 Å². The summed E-state index contributed by atoms with van der Waals surface area (Å²) in [5.41, 5.74) is 1.34. The van der Waals surface area contributed by atoms with E-state index >= 15 is 0 Å². The number of fused-ring (bicyclic) bond motifs is 1. The minimum atomic E-state index is -0.0305. The summed E-state index contributed by atoms with van der Waals surface area (Å²) in [5.74, 6) is 0.839. The zero-order valence-electron chi connectivity index (χ0n) is 18.6. The fourth-order valence-corrected chi connectivity index (χ4v) is 4.84. The van der Waals surface area contributed by atoms with Crippen LogP contribution in [0.4, 0.5) is 0 Å². The van der Waals surface area contributed by atoms with Crippen LogP contribution in [0.5, 0.6) is 5.75 Å². The van der Waals surface area contributed by atoms with Crippen molar-refractivity contribution in [3.05, 3.63) is 47.0 Å². The van der Waals surface area contributed by atoms with E-state index in [0.717, 1.165) is 38.1 Å². The van der Waals surface area contributed by atoms with Gasteiger partial charge in [-0.25, -0.2) is 4.99 Å². The van der Waals surface area contributed by atoms with Gasteiger partial charge < -0.3 is 15.0 Å². The van der Waals surface area contributed by atoms with Crippen molar-refractivity contribution in [2.75, 3.05) is 26.7 Å². The molecule has 1 N–H and O–H groups in total. The number of unbranched alkanes of at least 4 members (excludes halogenated alkanes) is 3. The lowest BCUT2D eigenvalue weighted by atomic mass is 10.0. The van der Waals surface area contributed by atoms with Crippen molar-refractivity contribution in [2.45, 2.75) is 45.4 Å². The number of amides is 1. The molecule has 3 rings (SSSR count). The molecule has 166 valence electrons. The van der Waals surface area contributed by atoms with E-state index in [9.17, 15) is 4.79 Å². The van der Waals surface area contributed by atoms with Gasteiger partial charge in [0.05, 0.1) is 13.4 Å². The number of aryl methyl sites for hydroxylation is 1. The molecule has 0 fully saturated rings. The molecular formula is C25H33N3O2S. The minimum absolute atomic E-state index is 0.0305. The predicted molar refractivity (Wildman–Crippen MR) is 132 cm³/mol. The van der Waals surface area contributed by atoms with Crippen LogP contribution in [0.2, 0.25) is 0 Å². The molecule has 0 unspecified atom stereocenters. The first-order valence-corrected chi connectivity index (χ1v) is 12.0. The molecule has 0 saturated heterocycles. The Morgan fingerprint density at radius 2 is 2.19 bits per heavy atom. The number of thiophene rings is 1. The van der Waals surface area contributed by atoms with Gasteiger partial charge in [-0.2, -0.15) is 0 Å². The Balaban J connectivity index is 1.54. The fourth-order valence-electron chi connectivity index (χ4n) is 3.65. The van der Waals surface area contributed by atoms with Crippen LogP contribution in [-0.2, 0) is 11.2 Å². The molecule has 5 nitrogen and oxygen atoms in total. The van der Waals surface area contributed by atoms with Gasteiger partial charge >= 0.3 is 0 Å². The maximum atomic E-state index is 12.3. The van der Waals surface area contributed by atoms with Crippen molar-refractivity contribution in [3.8, 4) is 5.75 Å². The number of carbonyl (C=O) groups excluding carboxylic acids is 1. The highest BCUT2D eigenvalue weighted by Crippen LogP contribution is 2.35. The Labute approximate surface area is 189 Å². The summed E-state index contributed by atoms with van der Waals surface area (Å²) in [7, 11) is 1.69. The topological polar surface area (TPSA) is 53.9 Å². The Bertz CT molecular complexity index is 946. The Kier molecular flexibility index (Phi) is 9.16. The molecule has 0 aliphatic carbocycles. The van der Waals surface area contributed by atoms with Crippen molar-refractivity contribution in [3.63, 3.8) is 0 Å². The van der Waals surface area contributed by atoms with E-state index in [4.69, 9.17) is 4.74 Å². The summed E-state index contributed by atoms with van der Waals surface area (Å²) in [4.78, 5) is 19.8. The van der Waals surface area contributed by atoms with Gasteiger partial charge in [-0.15, -0.1) is 11.3 Å². The number of rotatable bonds is 12. The number of hydrogen-bond donors (Lipinski definition) is 1. The van der Waals surface area contributed by atoms with E-state index in [0.29, 0.717) is 6.54 Å². The zero-order valence-corrected chi connectivity index (χ0v) is 19.4. The van der Waals surface area contributed by atoms with Crippen LogP contribution in [0.3, 0.4) is 0 Å². The van der Waals surface area contributed by atoms with E-state index in [1.165, 1.54) is 39.8 Å². The van der Waals surface area contributed by atoms with E-state index in [1.54, 1.807) is 24.5 Å². The van der Waals surface area contributed by atoms with Gasteiger partial charge in [0.1, 0.15) is 5.75 Å². The first-order chi connectivity index (χ1) is 15.2. The van der Waals surface area contributed by atoms with Crippen LogP contribution < -0.4 is 10.1 Å². The smallest absolute Gasteiger partial charge is 0.244 e. The van der Waals surface area contributed by atoms with Gasteiger partial charge in [-0.05, 0) is 67.0 Å². The Morgan fingerprint density at radius 3 is 2.97 bits per heavy atom. The summed E-state index contributed by atoms with van der Waals surface area (Å²) in [5, 5.41) is 4.28. The Morgan fingerprint density at radius 1 is 1.29 bits per heavy atom. The molecule has 6 heteroatoms. The molecule has 0 bridgehead atoms. The third-order valence-electron chi connectivity index (χ3n) is 5.38. The highest BCUT2D eigenvalue weighted by Gasteiger charge is 2.11. The zero-order chi connectivity index (χ0) is 21.9. The average Bonchev–Trinajstić information content (AvgIpc) is 3.15. The number of nitrogens with one attached hydrogen (secondary N) is 1. The lowest BCUT2D eigenvalue weighted by molar-refractivity contribution is -0.116. The lowest BCUT2D eigenvalue weighted by Crippen LogP contribution is -2.26. The van der Waals surface area contributed by atoms with Gasteiger partial charge in [0.2, 0.25) is 5.91 Å². The molecule has 1 aliphatic rings. The number of benzene rings is 1. The summed E-state index contributed by atoms with van der Waals surface area (Å²) < 4.78 is 6.59. The van der Waals surface area contributed by atoms with Crippen molar-refractivity contribution in [1.29, 1.82) is 0 Å². The minimum Gasteiger partial charge on any atom is -0.497 e. The number of carbonyl (C=O) groups is 1. The van der Waals surface area contributed by atoms with E-state index in [-0.39, 0.29) is 5.91 Å². The highest BCUT2D eigenvalue weighted by molar-refractivity contribution is 7.20. The SMILES string of the molecule is CCCCCc1c(/C=C/C(=O)NCCCCN2C=NC=CC2)sc2cc(OC)ccc12. The summed E-state index contributed by atoms with van der Waals surface area (Å²) in [6, 6.07) is 6.25. The monoisotopic (exact) mass is 439 g/mol. The molecule has 0 saturated carbocycles. The van der Waals surface area contributed by atoms with E-state index in [1.807, 2.05) is 30.8 Å². The molecule has 2 heterocycles. The molecule has 1 aliphatic heterocycles. The van der Waals surface area contributed by atoms with Crippen LogP contribution >= 0.6 is 11.3 Å². The average molecular weight is 440 g/mol. The van der Waals surface area contributed by atoms with Gasteiger partial charge in [0.25, 0.3) is 0 Å². The third kappa shape index (κ3) is 6.96. The molecule has 0 atom stereocenters. The number of aliphatic imine (C=N–C) groups is 1. The third-order valence-corrected chi connectivity index (χ3v) is 6.54. The second-order valence-corrected chi connectivity index (χ2v) is 8.82. The number of methoxy groups -OCH3 is 1. The van der Waals surface area contributed by atoms with Gasteiger partial charge in [-0.3, -0.25) is 4.79 Å². The first kappa shape index (κ1) is 23.1. The summed E-state index contributed by atoms with van der Waals surface area (Å²) in [6.07, 6.45) is 16.0. The second-order valence-electron chi connectivity index (χ2n) is 7.74. The summed E-state index contributed by atoms with van der Waals surface area (Å²) >= 11 is 1.73. The largest absolute Gasteiger partial charge is 0.497 e. The van der Waals surface area contributed by atoms with E-state index < -0.39 is 0 Å². The molecule has 1 aromatic heterocycles. The molecule has 1 aromatic carbocycles. The molecule has 31 heavy (non-hydrogen) atoms. The number of ether oxygens (including phenoxy) is 1. The van der Waals surface area contributed by atoms with Gasteiger partial charge in [0.15, 0.2) is 0 Å². The van der Waals surface area contributed by atoms with Crippen LogP contribution in [0, 0.1) is 0 Å². The second kappa shape index (κ2) is 12.3. The number of nitrogens with zero attached hydrogens (tertiary/aromatic N) is 2. The van der Waals surface area contributed by atoms with Crippen LogP contribution in [0.1, 0.15) is 49.5 Å². The van der Waals surface area contributed by atoms with Gasteiger partial charge in [0, 0.05) is 41.5 Å². The summed E-state index contributed by atoms with van der Waals surface area (Å²) in [6.45, 7) is 4.79. The maximum Gasteiger partial charge on any atom is 0.244 e. The van der Waals surface area contributed by atoms with Crippen molar-refractivity contribution >= 4 is 39.7 Å². The molecule has 1 amide bonds. The molecular weight excluding hydrogens is 406 g/mol. The lowest BCUT2D eigenvalue weighted by Gasteiger charge is -2.18. The fraction of sp³-hybridized carbons (Fsp3) is 0.440.